The predicted octanol–water partition coefficient (Wildman–Crippen LogP) is 3.14. The third kappa shape index (κ3) is 2.80. The summed E-state index contributed by atoms with van der Waals surface area (Å²) >= 11 is 6.19. The van der Waals surface area contributed by atoms with Gasteiger partial charge in [-0.1, -0.05) is 12.2 Å². The van der Waals surface area contributed by atoms with Crippen molar-refractivity contribution in [3.8, 4) is 11.5 Å². The van der Waals surface area contributed by atoms with Crippen LogP contribution in [0.15, 0.2) is 41.4 Å². The molecule has 27 heavy (non-hydrogen) atoms. The maximum atomic E-state index is 13.4. The van der Waals surface area contributed by atoms with Crippen LogP contribution in [-0.2, 0) is 24.5 Å². The van der Waals surface area contributed by atoms with Crippen molar-refractivity contribution in [1.29, 1.82) is 0 Å². The monoisotopic (exact) mass is 390 g/mol. The third-order valence-corrected chi connectivity index (χ3v) is 4.98. The molecule has 2 aliphatic carbocycles. The van der Waals surface area contributed by atoms with Gasteiger partial charge in [0.1, 0.15) is 5.41 Å². The van der Waals surface area contributed by atoms with Crippen molar-refractivity contribution < 1.29 is 28.5 Å². The Kier molecular flexibility index (Phi) is 5.02. The van der Waals surface area contributed by atoms with Crippen LogP contribution in [0.2, 0.25) is 0 Å². The second-order valence-electron chi connectivity index (χ2n) is 6.06. The Balaban J connectivity index is 2.23. The first-order valence-electron chi connectivity index (χ1n) is 8.17. The largest absolute Gasteiger partial charge is 0.493 e. The molecule has 0 aromatic heterocycles. The Morgan fingerprint density at radius 1 is 1.11 bits per heavy atom. The number of methoxy groups -OCH3 is 3. The van der Waals surface area contributed by atoms with Gasteiger partial charge in [-0.3, -0.25) is 9.59 Å². The molecule has 0 fully saturated rings. The molecule has 0 saturated carbocycles. The predicted molar refractivity (Wildman–Crippen MR) is 99.9 cm³/mol. The molecular weight excluding hydrogens is 372 g/mol. The van der Waals surface area contributed by atoms with Crippen LogP contribution in [-0.4, -0.2) is 39.0 Å². The van der Waals surface area contributed by atoms with Crippen LogP contribution >= 0.6 is 11.6 Å². The third-order valence-electron chi connectivity index (χ3n) is 4.70. The number of allylic oxidation sites excluding steroid dienone is 4. The van der Waals surface area contributed by atoms with Gasteiger partial charge < -0.3 is 18.9 Å². The number of fused-ring (bicyclic) bond motifs is 2. The molecule has 0 amide bonds. The molecule has 0 aliphatic heterocycles. The van der Waals surface area contributed by atoms with Crippen LogP contribution in [0.1, 0.15) is 18.1 Å². The standard InChI is InChI=1S/C20H19ClO6/c1-11(22)27-16-7-12-5-6-20(14(12)9-15(16)24-2)13(10-21)8-17(25-3)18(26-4)19(20)23/h5-9H,10H2,1-4H3/t20-/m1/s1. The molecule has 6 nitrogen and oxygen atoms in total. The smallest absolute Gasteiger partial charge is 0.308 e. The first-order valence-corrected chi connectivity index (χ1v) is 8.70. The van der Waals surface area contributed by atoms with Crippen LogP contribution in [0.4, 0.5) is 0 Å². The zero-order valence-corrected chi connectivity index (χ0v) is 16.2. The number of esters is 1. The van der Waals surface area contributed by atoms with E-state index in [2.05, 4.69) is 0 Å². The number of rotatable bonds is 5. The van der Waals surface area contributed by atoms with Crippen molar-refractivity contribution in [3.63, 3.8) is 0 Å². The molecule has 1 spiro atoms. The first-order chi connectivity index (χ1) is 12.9. The fourth-order valence-corrected chi connectivity index (χ4v) is 3.78. The van der Waals surface area contributed by atoms with Crippen LogP contribution in [0, 0.1) is 0 Å². The van der Waals surface area contributed by atoms with E-state index in [-0.39, 0.29) is 23.2 Å². The van der Waals surface area contributed by atoms with Gasteiger partial charge in [0.05, 0.1) is 21.3 Å². The zero-order valence-electron chi connectivity index (χ0n) is 15.4. The average Bonchev–Trinajstić information content (AvgIpc) is 3.01. The van der Waals surface area contributed by atoms with Gasteiger partial charge in [-0.2, -0.15) is 0 Å². The van der Waals surface area contributed by atoms with Crippen molar-refractivity contribution in [1.82, 2.24) is 0 Å². The highest BCUT2D eigenvalue weighted by Crippen LogP contribution is 2.50. The van der Waals surface area contributed by atoms with E-state index in [4.69, 9.17) is 30.5 Å². The Morgan fingerprint density at radius 2 is 1.85 bits per heavy atom. The number of alkyl halides is 1. The van der Waals surface area contributed by atoms with E-state index in [0.717, 1.165) is 5.56 Å². The molecule has 0 heterocycles. The molecule has 1 aromatic carbocycles. The molecule has 1 aromatic rings. The summed E-state index contributed by atoms with van der Waals surface area (Å²) in [6, 6.07) is 3.36. The second kappa shape index (κ2) is 7.12. The van der Waals surface area contributed by atoms with Crippen LogP contribution in [0.3, 0.4) is 0 Å². The fraction of sp³-hybridized carbons (Fsp3) is 0.300. The van der Waals surface area contributed by atoms with Crippen molar-refractivity contribution in [2.24, 2.45) is 0 Å². The van der Waals surface area contributed by atoms with E-state index < -0.39 is 11.4 Å². The Hall–Kier alpha value is -2.73. The minimum Gasteiger partial charge on any atom is -0.493 e. The van der Waals surface area contributed by atoms with Gasteiger partial charge in [-0.25, -0.2) is 0 Å². The highest BCUT2D eigenvalue weighted by Gasteiger charge is 2.50. The average molecular weight is 391 g/mol. The maximum Gasteiger partial charge on any atom is 0.308 e. The molecule has 1 atom stereocenters. The number of hydrogen-bond donors (Lipinski definition) is 0. The molecule has 142 valence electrons. The number of carbonyl (C=O) groups excluding carboxylic acids is 2. The fourth-order valence-electron chi connectivity index (χ4n) is 3.50. The molecule has 0 N–H and O–H groups in total. The number of carbonyl (C=O) groups is 2. The minimum absolute atomic E-state index is 0.117. The number of ether oxygens (including phenoxy) is 4. The van der Waals surface area contributed by atoms with Crippen molar-refractivity contribution in [3.05, 3.63) is 52.5 Å². The van der Waals surface area contributed by atoms with Gasteiger partial charge in [-0.15, -0.1) is 11.6 Å². The van der Waals surface area contributed by atoms with Gasteiger partial charge in [0.15, 0.2) is 17.3 Å². The summed E-state index contributed by atoms with van der Waals surface area (Å²) < 4.78 is 21.2. The van der Waals surface area contributed by atoms with Gasteiger partial charge in [0.25, 0.3) is 0 Å². The second-order valence-corrected chi connectivity index (χ2v) is 6.33. The van der Waals surface area contributed by atoms with Gasteiger partial charge in [-0.05, 0) is 34.9 Å². The van der Waals surface area contributed by atoms with E-state index in [1.54, 1.807) is 30.4 Å². The van der Waals surface area contributed by atoms with Gasteiger partial charge in [0.2, 0.25) is 11.5 Å². The quantitative estimate of drug-likeness (QED) is 0.437. The molecule has 2 aliphatic rings. The number of Topliss-reactive ketones (excluding diaryl/α,β-unsaturated/α-hetero) is 1. The Labute approximate surface area is 162 Å². The summed E-state index contributed by atoms with van der Waals surface area (Å²) in [5, 5.41) is 0. The summed E-state index contributed by atoms with van der Waals surface area (Å²) in [7, 11) is 4.35. The van der Waals surface area contributed by atoms with Crippen molar-refractivity contribution in [2.45, 2.75) is 12.3 Å². The zero-order chi connectivity index (χ0) is 19.8. The molecule has 0 radical (unpaired) electrons. The van der Waals surface area contributed by atoms with Gasteiger partial charge >= 0.3 is 5.97 Å². The van der Waals surface area contributed by atoms with E-state index in [9.17, 15) is 9.59 Å². The minimum atomic E-state index is -1.12. The van der Waals surface area contributed by atoms with E-state index in [0.29, 0.717) is 22.6 Å². The highest BCUT2D eigenvalue weighted by molar-refractivity contribution is 6.21. The lowest BCUT2D eigenvalue weighted by atomic mass is 9.70. The van der Waals surface area contributed by atoms with Crippen LogP contribution in [0.25, 0.3) is 6.08 Å². The van der Waals surface area contributed by atoms with Crippen LogP contribution in [0.5, 0.6) is 11.5 Å². The summed E-state index contributed by atoms with van der Waals surface area (Å²) in [6.45, 7) is 1.31. The lowest BCUT2D eigenvalue weighted by Gasteiger charge is -2.34. The Morgan fingerprint density at radius 3 is 2.41 bits per heavy atom. The number of ketones is 1. The van der Waals surface area contributed by atoms with E-state index in [1.807, 2.05) is 0 Å². The first kappa shape index (κ1) is 19.0. The van der Waals surface area contributed by atoms with Crippen molar-refractivity contribution in [2.75, 3.05) is 27.2 Å². The van der Waals surface area contributed by atoms with Crippen molar-refractivity contribution >= 4 is 29.4 Å². The molecular formula is C20H19ClO6. The number of benzene rings is 1. The molecule has 7 heteroatoms. The highest BCUT2D eigenvalue weighted by atomic mass is 35.5. The summed E-state index contributed by atoms with van der Waals surface area (Å²) in [5.74, 6) is 0.444. The molecule has 0 bridgehead atoms. The SMILES string of the molecule is COC1=C(OC)C(=O)[C@]2(C=Cc3cc(OC(C)=O)c(OC)cc32)C(CCl)=C1. The topological polar surface area (TPSA) is 71.1 Å². The van der Waals surface area contributed by atoms with E-state index in [1.165, 1.54) is 28.3 Å². The molecule has 3 rings (SSSR count). The summed E-state index contributed by atoms with van der Waals surface area (Å²) in [5.41, 5.74) is 0.945. The maximum absolute atomic E-state index is 13.4. The lowest BCUT2D eigenvalue weighted by molar-refractivity contribution is -0.132. The normalized spacial score (nSPS) is 20.5. The number of halogens is 1. The Bertz CT molecular complexity index is 911. The lowest BCUT2D eigenvalue weighted by Crippen LogP contribution is -2.40. The summed E-state index contributed by atoms with van der Waals surface area (Å²) in [6.07, 6.45) is 5.29. The molecule has 0 saturated heterocycles. The van der Waals surface area contributed by atoms with E-state index >= 15 is 0 Å². The number of hydrogen-bond acceptors (Lipinski definition) is 6. The van der Waals surface area contributed by atoms with Gasteiger partial charge in [0, 0.05) is 12.8 Å². The van der Waals surface area contributed by atoms with Crippen LogP contribution < -0.4 is 9.47 Å². The summed E-state index contributed by atoms with van der Waals surface area (Å²) in [4.78, 5) is 24.8. The molecule has 0 unspecified atom stereocenters.